The van der Waals surface area contributed by atoms with E-state index in [0.29, 0.717) is 42.3 Å². The molecule has 0 fully saturated rings. The Bertz CT molecular complexity index is 919. The molecule has 3 N–H and O–H groups in total. The van der Waals surface area contributed by atoms with Crippen molar-refractivity contribution in [1.29, 1.82) is 0 Å². The number of nitrogens with one attached hydrogen (secondary N) is 1. The summed E-state index contributed by atoms with van der Waals surface area (Å²) in [4.78, 5) is 20.9. The van der Waals surface area contributed by atoms with Crippen LogP contribution >= 0.6 is 0 Å². The van der Waals surface area contributed by atoms with Crippen LogP contribution in [0.25, 0.3) is 0 Å². The summed E-state index contributed by atoms with van der Waals surface area (Å²) >= 11 is 0. The van der Waals surface area contributed by atoms with Crippen LogP contribution in [0.4, 0.5) is 15.9 Å². The van der Waals surface area contributed by atoms with E-state index in [0.717, 1.165) is 12.8 Å². The van der Waals surface area contributed by atoms with Crippen LogP contribution in [-0.4, -0.2) is 30.2 Å². The number of unbranched alkanes of at least 4 members (excludes halogenated alkanes) is 1. The van der Waals surface area contributed by atoms with E-state index in [9.17, 15) is 9.18 Å². The molecule has 29 heavy (non-hydrogen) atoms. The molecule has 0 spiro atoms. The van der Waals surface area contributed by atoms with E-state index in [1.54, 1.807) is 30.5 Å². The van der Waals surface area contributed by atoms with Crippen molar-refractivity contribution >= 4 is 23.5 Å². The number of rotatable bonds is 7. The molecule has 7 nitrogen and oxygen atoms in total. The second kappa shape index (κ2) is 8.89. The lowest BCUT2D eigenvalue weighted by molar-refractivity contribution is 0.0500. The number of nitrogens with two attached hydrogens (primary N) is 1. The van der Waals surface area contributed by atoms with Gasteiger partial charge in [-0.15, -0.1) is 0 Å². The van der Waals surface area contributed by atoms with E-state index < -0.39 is 17.3 Å². The number of pyridine rings is 1. The molecular formula is C21H25FN4O3. The first kappa shape index (κ1) is 20.6. The molecule has 0 bridgehead atoms. The zero-order valence-electron chi connectivity index (χ0n) is 16.6. The van der Waals surface area contributed by atoms with Crippen molar-refractivity contribution in [2.24, 2.45) is 10.7 Å². The zero-order valence-corrected chi connectivity index (χ0v) is 16.6. The van der Waals surface area contributed by atoms with Gasteiger partial charge in [0.25, 0.3) is 6.02 Å². The Balaban J connectivity index is 1.87. The summed E-state index contributed by atoms with van der Waals surface area (Å²) in [6, 6.07) is 7.93. The Kier molecular flexibility index (Phi) is 6.31. The van der Waals surface area contributed by atoms with Gasteiger partial charge in [0.2, 0.25) is 0 Å². The van der Waals surface area contributed by atoms with Gasteiger partial charge in [-0.1, -0.05) is 13.3 Å². The predicted molar refractivity (Wildman–Crippen MR) is 109 cm³/mol. The van der Waals surface area contributed by atoms with Crippen LogP contribution < -0.4 is 11.1 Å². The smallest absolute Gasteiger partial charge is 0.341 e. The van der Waals surface area contributed by atoms with Crippen LogP contribution in [0.1, 0.15) is 49.0 Å². The summed E-state index contributed by atoms with van der Waals surface area (Å²) in [6.07, 6.45) is 3.79. The van der Waals surface area contributed by atoms with E-state index in [4.69, 9.17) is 15.2 Å². The molecule has 1 aromatic carbocycles. The zero-order chi connectivity index (χ0) is 20.9. The van der Waals surface area contributed by atoms with Crippen molar-refractivity contribution in [1.82, 2.24) is 4.98 Å². The minimum absolute atomic E-state index is 0.0401. The fraction of sp³-hybridized carbons (Fsp3) is 0.381. The second-order valence-electron chi connectivity index (χ2n) is 7.03. The highest BCUT2D eigenvalue weighted by Gasteiger charge is 2.33. The van der Waals surface area contributed by atoms with E-state index >= 15 is 0 Å². The van der Waals surface area contributed by atoms with Crippen LogP contribution in [0.15, 0.2) is 41.5 Å². The molecule has 0 saturated heterocycles. The minimum Gasteiger partial charge on any atom is -0.465 e. The summed E-state index contributed by atoms with van der Waals surface area (Å²) in [5.41, 5.74) is 6.13. The SMILES string of the molecule is CCCCOC(=O)c1cccnc1Nc1ccc(F)c([C@]2(C)CCOC(N)=N2)c1. The van der Waals surface area contributed by atoms with Gasteiger partial charge in [-0.05, 0) is 43.7 Å². The molecule has 1 aliphatic heterocycles. The number of esters is 1. The maximum atomic E-state index is 14.6. The number of halogens is 1. The molecule has 2 aromatic rings. The van der Waals surface area contributed by atoms with Crippen LogP contribution in [0, 0.1) is 5.82 Å². The first-order valence-electron chi connectivity index (χ1n) is 9.60. The van der Waals surface area contributed by atoms with Crippen molar-refractivity contribution < 1.29 is 18.7 Å². The van der Waals surface area contributed by atoms with Gasteiger partial charge in [0.1, 0.15) is 17.2 Å². The Morgan fingerprint density at radius 3 is 3.00 bits per heavy atom. The maximum absolute atomic E-state index is 14.6. The molecule has 1 atom stereocenters. The molecule has 3 rings (SSSR count). The van der Waals surface area contributed by atoms with Gasteiger partial charge in [0.15, 0.2) is 0 Å². The van der Waals surface area contributed by atoms with Gasteiger partial charge in [-0.2, -0.15) is 0 Å². The summed E-state index contributed by atoms with van der Waals surface area (Å²) in [5.74, 6) is -0.506. The number of hydrogen-bond acceptors (Lipinski definition) is 7. The highest BCUT2D eigenvalue weighted by Crippen LogP contribution is 2.35. The largest absolute Gasteiger partial charge is 0.465 e. The van der Waals surface area contributed by atoms with Crippen molar-refractivity contribution in [3.8, 4) is 0 Å². The first-order chi connectivity index (χ1) is 13.9. The molecule has 1 aromatic heterocycles. The van der Waals surface area contributed by atoms with Crippen LogP contribution in [0.3, 0.4) is 0 Å². The molecule has 0 radical (unpaired) electrons. The molecule has 0 amide bonds. The second-order valence-corrected chi connectivity index (χ2v) is 7.03. The summed E-state index contributed by atoms with van der Waals surface area (Å²) in [5, 5.41) is 3.09. The third-order valence-corrected chi connectivity index (χ3v) is 4.76. The predicted octanol–water partition coefficient (Wildman–Crippen LogP) is 3.87. The van der Waals surface area contributed by atoms with Gasteiger partial charge >= 0.3 is 5.97 Å². The number of hydrogen-bond donors (Lipinski definition) is 2. The Morgan fingerprint density at radius 1 is 1.41 bits per heavy atom. The van der Waals surface area contributed by atoms with Gasteiger partial charge in [0, 0.05) is 23.9 Å². The van der Waals surface area contributed by atoms with Gasteiger partial charge in [-0.25, -0.2) is 19.2 Å². The molecule has 0 aliphatic carbocycles. The number of aromatic nitrogens is 1. The molecule has 8 heteroatoms. The van der Waals surface area contributed by atoms with Crippen molar-refractivity contribution in [3.63, 3.8) is 0 Å². The number of nitrogens with zero attached hydrogens (tertiary/aromatic N) is 2. The van der Waals surface area contributed by atoms with E-state index in [1.807, 2.05) is 13.8 Å². The lowest BCUT2D eigenvalue weighted by atomic mass is 9.88. The number of ether oxygens (including phenoxy) is 2. The lowest BCUT2D eigenvalue weighted by Crippen LogP contribution is -2.34. The van der Waals surface area contributed by atoms with Gasteiger partial charge < -0.3 is 20.5 Å². The third kappa shape index (κ3) is 4.82. The highest BCUT2D eigenvalue weighted by atomic mass is 19.1. The Morgan fingerprint density at radius 2 is 2.24 bits per heavy atom. The molecule has 154 valence electrons. The van der Waals surface area contributed by atoms with Gasteiger partial charge in [-0.3, -0.25) is 0 Å². The minimum atomic E-state index is -0.837. The highest BCUT2D eigenvalue weighted by molar-refractivity contribution is 5.95. The molecule has 0 unspecified atom stereocenters. The monoisotopic (exact) mass is 400 g/mol. The number of amidine groups is 1. The van der Waals surface area contributed by atoms with Gasteiger partial charge in [0.05, 0.1) is 18.8 Å². The molecule has 0 saturated carbocycles. The average molecular weight is 400 g/mol. The fourth-order valence-electron chi connectivity index (χ4n) is 3.09. The number of carbonyl (C=O) groups is 1. The third-order valence-electron chi connectivity index (χ3n) is 4.76. The van der Waals surface area contributed by atoms with Crippen LogP contribution in [0.2, 0.25) is 0 Å². The Labute approximate surface area is 169 Å². The summed E-state index contributed by atoms with van der Waals surface area (Å²) in [6.45, 7) is 4.54. The molecule has 1 aliphatic rings. The van der Waals surface area contributed by atoms with Crippen LogP contribution in [0.5, 0.6) is 0 Å². The molecular weight excluding hydrogens is 375 g/mol. The number of carbonyl (C=O) groups excluding carboxylic acids is 1. The lowest BCUT2D eigenvalue weighted by Gasteiger charge is -2.30. The quantitative estimate of drug-likeness (QED) is 0.541. The van der Waals surface area contributed by atoms with E-state index in [2.05, 4.69) is 15.3 Å². The van der Waals surface area contributed by atoms with Crippen LogP contribution in [-0.2, 0) is 15.0 Å². The number of aliphatic imine (C=N–C) groups is 1. The first-order valence-corrected chi connectivity index (χ1v) is 9.60. The van der Waals surface area contributed by atoms with Crippen molar-refractivity contribution in [2.45, 2.75) is 38.6 Å². The topological polar surface area (TPSA) is 98.8 Å². The molecule has 2 heterocycles. The summed E-state index contributed by atoms with van der Waals surface area (Å²) < 4.78 is 25.0. The fourth-order valence-corrected chi connectivity index (χ4v) is 3.09. The number of benzene rings is 1. The van der Waals surface area contributed by atoms with Crippen molar-refractivity contribution in [2.75, 3.05) is 18.5 Å². The summed E-state index contributed by atoms with van der Waals surface area (Å²) in [7, 11) is 0. The Hall–Kier alpha value is -3.16. The van der Waals surface area contributed by atoms with E-state index in [-0.39, 0.29) is 6.02 Å². The van der Waals surface area contributed by atoms with Crippen molar-refractivity contribution in [3.05, 3.63) is 53.5 Å². The maximum Gasteiger partial charge on any atom is 0.341 e. The average Bonchev–Trinajstić information content (AvgIpc) is 2.69. The van der Waals surface area contributed by atoms with E-state index in [1.165, 1.54) is 6.07 Å². The standard InChI is InChI=1S/C21H25FN4O3/c1-3-4-11-28-19(27)15-6-5-10-24-18(15)25-14-7-8-17(22)16(13-14)21(2)9-12-29-20(23)26-21/h5-8,10,13H,3-4,9,11-12H2,1-2H3,(H2,23,26)(H,24,25)/t21-/m0/s1. The number of anilines is 2. The normalized spacial score (nSPS) is 18.5.